The van der Waals surface area contributed by atoms with Crippen LogP contribution in [0.4, 0.5) is 5.82 Å². The highest BCUT2D eigenvalue weighted by Crippen LogP contribution is 2.29. The van der Waals surface area contributed by atoms with Gasteiger partial charge in [0, 0.05) is 36.5 Å². The molecule has 3 heterocycles. The van der Waals surface area contributed by atoms with Gasteiger partial charge in [-0.15, -0.1) is 0 Å². The lowest BCUT2D eigenvalue weighted by Gasteiger charge is -2.36. The number of ether oxygens (including phenoxy) is 2. The lowest BCUT2D eigenvalue weighted by molar-refractivity contribution is 0.0599. The van der Waals surface area contributed by atoms with Crippen molar-refractivity contribution >= 4 is 17.7 Å². The summed E-state index contributed by atoms with van der Waals surface area (Å²) in [6, 6.07) is 17.1. The summed E-state index contributed by atoms with van der Waals surface area (Å²) >= 11 is 0. The molecule has 198 valence electrons. The first-order valence-corrected chi connectivity index (χ1v) is 13.2. The zero-order valence-electron chi connectivity index (χ0n) is 21.8. The number of anilines is 1. The Morgan fingerprint density at radius 3 is 2.39 bits per heavy atom. The second-order valence-corrected chi connectivity index (χ2v) is 9.93. The number of hydrogen-bond donors (Lipinski definition) is 1. The Bertz CT molecular complexity index is 1280. The van der Waals surface area contributed by atoms with Gasteiger partial charge in [0.05, 0.1) is 12.7 Å². The normalized spacial score (nSPS) is 16.4. The smallest absolute Gasteiger partial charge is 0.337 e. The van der Waals surface area contributed by atoms with Crippen LogP contribution in [0.5, 0.6) is 5.75 Å². The minimum atomic E-state index is -0.400. The molecule has 2 aliphatic rings. The van der Waals surface area contributed by atoms with Crippen molar-refractivity contribution in [3.05, 3.63) is 77.5 Å². The predicted molar refractivity (Wildman–Crippen MR) is 146 cm³/mol. The number of nitrogens with zero attached hydrogens (tertiary/aromatic N) is 3. The number of carbonyl (C=O) groups excluding carboxylic acids is 2. The van der Waals surface area contributed by atoms with E-state index >= 15 is 0 Å². The van der Waals surface area contributed by atoms with Gasteiger partial charge >= 0.3 is 5.97 Å². The van der Waals surface area contributed by atoms with Crippen molar-refractivity contribution in [3.8, 4) is 16.9 Å². The minimum absolute atomic E-state index is 0.0880. The number of methoxy groups -OCH3 is 1. The van der Waals surface area contributed by atoms with Crippen molar-refractivity contribution in [2.75, 3.05) is 39.0 Å². The van der Waals surface area contributed by atoms with Crippen molar-refractivity contribution < 1.29 is 19.1 Å². The molecular formula is C30H34N4O4. The number of nitrogen functional groups attached to an aromatic ring is 1. The quantitative estimate of drug-likeness (QED) is 0.467. The number of aromatic nitrogens is 1. The summed E-state index contributed by atoms with van der Waals surface area (Å²) in [6.45, 7) is 4.26. The van der Waals surface area contributed by atoms with Gasteiger partial charge in [-0.05, 0) is 80.2 Å². The summed E-state index contributed by atoms with van der Waals surface area (Å²) in [5.41, 5.74) is 9.78. The minimum Gasteiger partial charge on any atom is -0.485 e. The molecule has 8 heteroatoms. The highest BCUT2D eigenvalue weighted by molar-refractivity contribution is 5.94. The maximum Gasteiger partial charge on any atom is 0.337 e. The summed E-state index contributed by atoms with van der Waals surface area (Å²) in [4.78, 5) is 33.8. The van der Waals surface area contributed by atoms with Gasteiger partial charge in [-0.2, -0.15) is 0 Å². The average molecular weight is 515 g/mol. The first-order valence-electron chi connectivity index (χ1n) is 13.2. The molecule has 0 saturated carbocycles. The number of benzene rings is 2. The van der Waals surface area contributed by atoms with Gasteiger partial charge in [0.25, 0.3) is 5.91 Å². The van der Waals surface area contributed by atoms with Crippen molar-refractivity contribution in [3.63, 3.8) is 0 Å². The number of likely N-dealkylation sites (tertiary alicyclic amines) is 2. The number of piperidine rings is 1. The van der Waals surface area contributed by atoms with Gasteiger partial charge < -0.3 is 25.0 Å². The van der Waals surface area contributed by atoms with Crippen LogP contribution < -0.4 is 10.5 Å². The Morgan fingerprint density at radius 1 is 0.947 bits per heavy atom. The molecule has 2 aliphatic heterocycles. The van der Waals surface area contributed by atoms with E-state index in [1.807, 2.05) is 41.3 Å². The first-order chi connectivity index (χ1) is 18.5. The van der Waals surface area contributed by atoms with Crippen LogP contribution in [0.25, 0.3) is 11.1 Å². The van der Waals surface area contributed by atoms with E-state index in [-0.39, 0.29) is 18.3 Å². The Hall–Kier alpha value is -3.91. The molecule has 8 nitrogen and oxygen atoms in total. The van der Waals surface area contributed by atoms with Crippen LogP contribution in [-0.2, 0) is 11.3 Å². The van der Waals surface area contributed by atoms with Gasteiger partial charge in [0.2, 0.25) is 0 Å². The van der Waals surface area contributed by atoms with Gasteiger partial charge in [0.1, 0.15) is 6.61 Å². The van der Waals surface area contributed by atoms with Gasteiger partial charge in [-0.3, -0.25) is 4.79 Å². The third-order valence-electron chi connectivity index (χ3n) is 7.50. The van der Waals surface area contributed by atoms with E-state index in [9.17, 15) is 9.59 Å². The average Bonchev–Trinajstić information content (AvgIpc) is 3.51. The largest absolute Gasteiger partial charge is 0.485 e. The van der Waals surface area contributed by atoms with E-state index in [1.54, 1.807) is 24.4 Å². The number of esters is 1. The summed E-state index contributed by atoms with van der Waals surface area (Å²) < 4.78 is 10.7. The zero-order valence-corrected chi connectivity index (χ0v) is 21.8. The molecule has 2 aromatic carbocycles. The monoisotopic (exact) mass is 514 g/mol. The highest BCUT2D eigenvalue weighted by Gasteiger charge is 2.28. The first kappa shape index (κ1) is 25.7. The number of pyridine rings is 1. The molecule has 1 amide bonds. The van der Waals surface area contributed by atoms with E-state index in [2.05, 4.69) is 9.88 Å². The van der Waals surface area contributed by atoms with Crippen LogP contribution in [0.2, 0.25) is 0 Å². The molecule has 5 rings (SSSR count). The summed E-state index contributed by atoms with van der Waals surface area (Å²) in [5.74, 6) is 0.419. The van der Waals surface area contributed by atoms with Gasteiger partial charge in [-0.25, -0.2) is 9.78 Å². The Labute approximate surface area is 223 Å². The third-order valence-corrected chi connectivity index (χ3v) is 7.50. The highest BCUT2D eigenvalue weighted by atomic mass is 16.5. The Balaban J connectivity index is 1.21. The molecular weight excluding hydrogens is 480 g/mol. The van der Waals surface area contributed by atoms with Gasteiger partial charge in [0.15, 0.2) is 11.6 Å². The van der Waals surface area contributed by atoms with Crippen LogP contribution >= 0.6 is 0 Å². The predicted octanol–water partition coefficient (Wildman–Crippen LogP) is 4.40. The Kier molecular flexibility index (Phi) is 7.89. The fraction of sp³-hybridized carbons (Fsp3) is 0.367. The van der Waals surface area contributed by atoms with Crippen LogP contribution in [0.1, 0.15) is 52.0 Å². The van der Waals surface area contributed by atoms with E-state index < -0.39 is 5.97 Å². The molecule has 0 unspecified atom stereocenters. The molecule has 0 radical (unpaired) electrons. The Morgan fingerprint density at radius 2 is 1.68 bits per heavy atom. The summed E-state index contributed by atoms with van der Waals surface area (Å²) in [7, 11) is 1.35. The van der Waals surface area contributed by atoms with E-state index in [0.717, 1.165) is 42.6 Å². The van der Waals surface area contributed by atoms with E-state index in [0.29, 0.717) is 22.9 Å². The molecule has 3 aromatic rings. The van der Waals surface area contributed by atoms with Crippen LogP contribution in [0.15, 0.2) is 60.8 Å². The lowest BCUT2D eigenvalue weighted by atomic mass is 10.0. The van der Waals surface area contributed by atoms with Crippen molar-refractivity contribution in [1.82, 2.24) is 14.8 Å². The fourth-order valence-corrected chi connectivity index (χ4v) is 5.32. The zero-order chi connectivity index (χ0) is 26.5. The standard InChI is InChI=1S/C30H34N4O4/c1-37-30(36)24-6-4-5-21(17-24)20-38-27-18-25(19-32-28(27)31)22-7-9-23(10-8-22)29(35)34-15-11-26(12-16-34)33-13-2-3-14-33/h4-10,17-19,26H,2-3,11-16,20H2,1H3,(H2,31,32). The number of hydrogen-bond acceptors (Lipinski definition) is 7. The molecule has 2 saturated heterocycles. The number of amides is 1. The number of rotatable bonds is 7. The maximum atomic E-state index is 13.1. The fourth-order valence-electron chi connectivity index (χ4n) is 5.32. The van der Waals surface area contributed by atoms with Crippen LogP contribution in [0, 0.1) is 0 Å². The maximum absolute atomic E-state index is 13.1. The van der Waals surface area contributed by atoms with E-state index in [1.165, 1.54) is 33.0 Å². The van der Waals surface area contributed by atoms with E-state index in [4.69, 9.17) is 15.2 Å². The number of carbonyl (C=O) groups is 2. The van der Waals surface area contributed by atoms with Crippen molar-refractivity contribution in [2.24, 2.45) is 0 Å². The second kappa shape index (κ2) is 11.6. The van der Waals surface area contributed by atoms with Crippen molar-refractivity contribution in [2.45, 2.75) is 38.3 Å². The summed E-state index contributed by atoms with van der Waals surface area (Å²) in [6.07, 6.45) is 6.40. The van der Waals surface area contributed by atoms with Crippen LogP contribution in [-0.4, -0.2) is 66.0 Å². The van der Waals surface area contributed by atoms with Crippen LogP contribution in [0.3, 0.4) is 0 Å². The molecule has 0 atom stereocenters. The molecule has 0 aliphatic carbocycles. The molecule has 0 spiro atoms. The molecule has 38 heavy (non-hydrogen) atoms. The number of nitrogens with two attached hydrogens (primary N) is 1. The van der Waals surface area contributed by atoms with Gasteiger partial charge in [-0.1, -0.05) is 24.3 Å². The molecule has 2 fully saturated rings. The third kappa shape index (κ3) is 5.81. The second-order valence-electron chi connectivity index (χ2n) is 9.93. The molecule has 1 aromatic heterocycles. The topological polar surface area (TPSA) is 98.0 Å². The van der Waals surface area contributed by atoms with Crippen molar-refractivity contribution in [1.29, 1.82) is 0 Å². The lowest BCUT2D eigenvalue weighted by Crippen LogP contribution is -2.45. The molecule has 2 N–H and O–H groups in total. The molecule has 0 bridgehead atoms. The summed E-state index contributed by atoms with van der Waals surface area (Å²) in [5, 5.41) is 0. The SMILES string of the molecule is COC(=O)c1cccc(COc2cc(-c3ccc(C(=O)N4CCC(N5CCCC5)CC4)cc3)cnc2N)c1.